The van der Waals surface area contributed by atoms with Crippen molar-refractivity contribution in [2.45, 2.75) is 45.8 Å². The number of hydrogen-bond acceptors (Lipinski definition) is 6. The number of rotatable bonds is 4. The van der Waals surface area contributed by atoms with Gasteiger partial charge in [-0.1, -0.05) is 0 Å². The largest absolute Gasteiger partial charge is 0.446 e. The molecule has 1 N–H and O–H groups in total. The molecule has 0 spiro atoms. The topological polar surface area (TPSA) is 87.7 Å². The fourth-order valence-electron chi connectivity index (χ4n) is 2.60. The number of nitrogens with zero attached hydrogens (tertiary/aromatic N) is 4. The summed E-state index contributed by atoms with van der Waals surface area (Å²) in [5.74, 6) is 0.491. The van der Waals surface area contributed by atoms with Crippen molar-refractivity contribution < 1.29 is 14.3 Å². The lowest BCUT2D eigenvalue weighted by molar-refractivity contribution is -0.129. The number of carbonyl (C=O) groups is 2. The first-order valence-corrected chi connectivity index (χ1v) is 9.15. The smallest absolute Gasteiger partial charge is 0.426 e. The molecular weight excluding hydrogens is 414 g/mol. The van der Waals surface area contributed by atoms with Crippen LogP contribution in [0.3, 0.4) is 0 Å². The third-order valence-electron chi connectivity index (χ3n) is 3.75. The summed E-state index contributed by atoms with van der Waals surface area (Å²) in [6, 6.07) is -0.0578. The number of ether oxygens (including phenoxy) is 1. The normalized spacial score (nSPS) is 15.2. The van der Waals surface area contributed by atoms with Crippen molar-refractivity contribution in [1.82, 2.24) is 20.3 Å². The van der Waals surface area contributed by atoms with Crippen LogP contribution in [-0.2, 0) is 9.53 Å². The summed E-state index contributed by atoms with van der Waals surface area (Å²) >= 11 is 9.31. The van der Waals surface area contributed by atoms with Gasteiger partial charge < -0.3 is 9.64 Å². The SMILES string of the molecule is CC(=O)N1CCC(N(NC(=O)OC(C)C)c2nc(Cl)ncc2Br)CC1. The third-order valence-corrected chi connectivity index (χ3v) is 4.50. The molecule has 0 aromatic carbocycles. The lowest BCUT2D eigenvalue weighted by atomic mass is 10.0. The highest BCUT2D eigenvalue weighted by Crippen LogP contribution is 2.28. The maximum atomic E-state index is 12.1. The third kappa shape index (κ3) is 5.43. The van der Waals surface area contributed by atoms with Crippen LogP contribution in [0, 0.1) is 0 Å². The van der Waals surface area contributed by atoms with Gasteiger partial charge in [0.05, 0.1) is 16.6 Å². The summed E-state index contributed by atoms with van der Waals surface area (Å²) in [7, 11) is 0. The van der Waals surface area contributed by atoms with Crippen LogP contribution in [0.4, 0.5) is 10.6 Å². The van der Waals surface area contributed by atoms with E-state index in [4.69, 9.17) is 16.3 Å². The predicted octanol–water partition coefficient (Wildman–Crippen LogP) is 2.76. The maximum absolute atomic E-state index is 12.1. The molecule has 0 unspecified atom stereocenters. The van der Waals surface area contributed by atoms with E-state index in [-0.39, 0.29) is 23.3 Å². The van der Waals surface area contributed by atoms with Crippen LogP contribution in [0.5, 0.6) is 0 Å². The second-order valence-electron chi connectivity index (χ2n) is 5.98. The van der Waals surface area contributed by atoms with Crippen LogP contribution < -0.4 is 10.4 Å². The monoisotopic (exact) mass is 433 g/mol. The maximum Gasteiger partial charge on any atom is 0.426 e. The average molecular weight is 435 g/mol. The van der Waals surface area contributed by atoms with Crippen LogP contribution in [0.25, 0.3) is 0 Å². The number of halogens is 2. The molecule has 1 aromatic rings. The van der Waals surface area contributed by atoms with E-state index in [1.54, 1.807) is 30.7 Å². The second kappa shape index (κ2) is 8.66. The van der Waals surface area contributed by atoms with Gasteiger partial charge in [-0.15, -0.1) is 0 Å². The first-order valence-electron chi connectivity index (χ1n) is 7.98. The van der Waals surface area contributed by atoms with E-state index in [2.05, 4.69) is 31.3 Å². The van der Waals surface area contributed by atoms with Crippen LogP contribution in [0.2, 0.25) is 5.28 Å². The molecule has 1 aliphatic rings. The zero-order valence-electron chi connectivity index (χ0n) is 14.3. The Bertz CT molecular complexity index is 638. The minimum absolute atomic E-state index is 0.0448. The van der Waals surface area contributed by atoms with Gasteiger partial charge in [-0.2, -0.15) is 4.98 Å². The number of likely N-dealkylation sites (tertiary alicyclic amines) is 1. The standard InChI is InChI=1S/C15H21BrClN5O3/c1-9(2)25-15(24)20-22(13-12(16)8-18-14(17)19-13)11-4-6-21(7-5-11)10(3)23/h8-9,11H,4-7H2,1-3H3,(H,20,24). The molecule has 1 aliphatic heterocycles. The van der Waals surface area contributed by atoms with Crippen LogP contribution >= 0.6 is 27.5 Å². The Morgan fingerprint density at radius 1 is 1.44 bits per heavy atom. The summed E-state index contributed by atoms with van der Waals surface area (Å²) in [5.41, 5.74) is 2.74. The van der Waals surface area contributed by atoms with Gasteiger partial charge in [-0.25, -0.2) is 15.2 Å². The van der Waals surface area contributed by atoms with E-state index in [9.17, 15) is 9.59 Å². The van der Waals surface area contributed by atoms with E-state index in [0.29, 0.717) is 36.2 Å². The lowest BCUT2D eigenvalue weighted by Crippen LogP contribution is -2.54. The highest BCUT2D eigenvalue weighted by molar-refractivity contribution is 9.10. The van der Waals surface area contributed by atoms with Crippen molar-refractivity contribution in [2.75, 3.05) is 18.1 Å². The number of carbonyl (C=O) groups excluding carboxylic acids is 2. The van der Waals surface area contributed by atoms with Gasteiger partial charge in [-0.3, -0.25) is 9.80 Å². The molecule has 0 bridgehead atoms. The fourth-order valence-corrected chi connectivity index (χ4v) is 3.11. The molecule has 1 fully saturated rings. The van der Waals surface area contributed by atoms with Crippen molar-refractivity contribution in [3.8, 4) is 0 Å². The summed E-state index contributed by atoms with van der Waals surface area (Å²) in [4.78, 5) is 33.5. The van der Waals surface area contributed by atoms with Crippen molar-refractivity contribution in [1.29, 1.82) is 0 Å². The van der Waals surface area contributed by atoms with Gasteiger partial charge in [0.2, 0.25) is 11.2 Å². The lowest BCUT2D eigenvalue weighted by Gasteiger charge is -2.38. The highest BCUT2D eigenvalue weighted by atomic mass is 79.9. The Kier molecular flexibility index (Phi) is 6.83. The molecule has 0 radical (unpaired) electrons. The van der Waals surface area contributed by atoms with Crippen LogP contribution in [-0.4, -0.2) is 52.1 Å². The molecule has 0 aliphatic carbocycles. The summed E-state index contributed by atoms with van der Waals surface area (Å²) in [6.45, 7) is 6.30. The number of piperidine rings is 1. The van der Waals surface area contributed by atoms with Gasteiger partial charge in [0.15, 0.2) is 5.82 Å². The van der Waals surface area contributed by atoms with Gasteiger partial charge in [0, 0.05) is 26.2 Å². The van der Waals surface area contributed by atoms with E-state index >= 15 is 0 Å². The molecule has 2 amide bonds. The highest BCUT2D eigenvalue weighted by Gasteiger charge is 2.30. The Morgan fingerprint density at radius 3 is 2.64 bits per heavy atom. The molecule has 2 heterocycles. The number of aromatic nitrogens is 2. The number of anilines is 1. The Balaban J connectivity index is 2.22. The Labute approximate surface area is 160 Å². The molecule has 138 valence electrons. The van der Waals surface area contributed by atoms with Crippen LogP contribution in [0.1, 0.15) is 33.6 Å². The fraction of sp³-hybridized carbons (Fsp3) is 0.600. The Morgan fingerprint density at radius 2 is 2.08 bits per heavy atom. The van der Waals surface area contributed by atoms with Gasteiger partial charge in [0.25, 0.3) is 0 Å². The summed E-state index contributed by atoms with van der Waals surface area (Å²) < 4.78 is 5.77. The number of hydrogen-bond donors (Lipinski definition) is 1. The molecule has 2 rings (SSSR count). The first-order chi connectivity index (χ1) is 11.8. The molecule has 8 nitrogen and oxygen atoms in total. The second-order valence-corrected chi connectivity index (χ2v) is 7.18. The van der Waals surface area contributed by atoms with E-state index in [0.717, 1.165) is 0 Å². The molecule has 0 saturated carbocycles. The average Bonchev–Trinajstić information content (AvgIpc) is 2.54. The molecule has 10 heteroatoms. The minimum Gasteiger partial charge on any atom is -0.446 e. The van der Waals surface area contributed by atoms with Gasteiger partial charge in [-0.05, 0) is 54.2 Å². The van der Waals surface area contributed by atoms with Gasteiger partial charge in [0.1, 0.15) is 0 Å². The van der Waals surface area contributed by atoms with Crippen molar-refractivity contribution in [2.24, 2.45) is 0 Å². The molecule has 0 atom stereocenters. The van der Waals surface area contributed by atoms with E-state index in [1.165, 1.54) is 6.20 Å². The molecule has 1 saturated heterocycles. The number of hydrazine groups is 1. The minimum atomic E-state index is -0.578. The molecule has 25 heavy (non-hydrogen) atoms. The van der Waals surface area contributed by atoms with Crippen molar-refractivity contribution >= 4 is 45.3 Å². The summed E-state index contributed by atoms with van der Waals surface area (Å²) in [5, 5.41) is 1.71. The molecule has 1 aromatic heterocycles. The van der Waals surface area contributed by atoms with Crippen molar-refractivity contribution in [3.05, 3.63) is 16.0 Å². The molecular formula is C15H21BrClN5O3. The van der Waals surface area contributed by atoms with E-state index < -0.39 is 6.09 Å². The Hall–Kier alpha value is -1.61. The number of amides is 2. The van der Waals surface area contributed by atoms with E-state index in [1.807, 2.05) is 0 Å². The zero-order valence-corrected chi connectivity index (χ0v) is 16.7. The van der Waals surface area contributed by atoms with Gasteiger partial charge >= 0.3 is 6.09 Å². The van der Waals surface area contributed by atoms with Crippen LogP contribution in [0.15, 0.2) is 10.7 Å². The number of nitrogens with one attached hydrogen (secondary N) is 1. The predicted molar refractivity (Wildman–Crippen MR) is 97.2 cm³/mol. The van der Waals surface area contributed by atoms with Crippen molar-refractivity contribution in [3.63, 3.8) is 0 Å². The zero-order chi connectivity index (χ0) is 18.6. The quantitative estimate of drug-likeness (QED) is 0.579. The first kappa shape index (κ1) is 19.7. The summed E-state index contributed by atoms with van der Waals surface area (Å²) in [6.07, 6.45) is 2.05.